The second-order valence-electron chi connectivity index (χ2n) is 3.80. The molecule has 19 heavy (non-hydrogen) atoms. The number of alkyl halides is 3. The first-order chi connectivity index (χ1) is 8.97. The van der Waals surface area contributed by atoms with Crippen LogP contribution in [-0.2, 0) is 12.7 Å². The highest BCUT2D eigenvalue weighted by Gasteiger charge is 2.32. The number of nitrogens with zero attached hydrogens (tertiary/aromatic N) is 5. The van der Waals surface area contributed by atoms with Crippen LogP contribution in [0.3, 0.4) is 0 Å². The molecule has 0 bridgehead atoms. The molecule has 2 heterocycles. The Morgan fingerprint density at radius 1 is 1.11 bits per heavy atom. The molecule has 100 valence electrons. The molecular weight excluding hydrogens is 259 g/mol. The van der Waals surface area contributed by atoms with Gasteiger partial charge in [-0.2, -0.15) is 13.2 Å². The molecule has 0 saturated carbocycles. The van der Waals surface area contributed by atoms with Crippen molar-refractivity contribution in [1.82, 2.24) is 20.2 Å². The minimum absolute atomic E-state index is 0.320. The van der Waals surface area contributed by atoms with Gasteiger partial charge in [0.1, 0.15) is 5.82 Å². The maximum Gasteiger partial charge on any atom is 0.435 e. The largest absolute Gasteiger partial charge is 0.435 e. The highest BCUT2D eigenvalue weighted by Crippen LogP contribution is 2.27. The second kappa shape index (κ2) is 5.17. The van der Waals surface area contributed by atoms with Crippen molar-refractivity contribution in [2.75, 3.05) is 11.9 Å². The topological polar surface area (TPSA) is 54.8 Å². The summed E-state index contributed by atoms with van der Waals surface area (Å²) in [5.41, 5.74) is -1.01. The van der Waals surface area contributed by atoms with Crippen molar-refractivity contribution >= 4 is 5.82 Å². The van der Waals surface area contributed by atoms with Crippen molar-refractivity contribution in [1.29, 1.82) is 0 Å². The van der Waals surface area contributed by atoms with Crippen LogP contribution in [0, 0.1) is 0 Å². The van der Waals surface area contributed by atoms with E-state index in [4.69, 9.17) is 0 Å². The van der Waals surface area contributed by atoms with Gasteiger partial charge in [-0.15, -0.1) is 10.2 Å². The Kier molecular flexibility index (Phi) is 3.59. The quantitative estimate of drug-likeness (QED) is 0.852. The predicted octanol–water partition coefficient (Wildman–Crippen LogP) is 1.92. The van der Waals surface area contributed by atoms with Gasteiger partial charge in [-0.1, -0.05) is 0 Å². The summed E-state index contributed by atoms with van der Waals surface area (Å²) >= 11 is 0. The summed E-state index contributed by atoms with van der Waals surface area (Å²) in [5, 5.41) is 6.70. The fourth-order valence-corrected chi connectivity index (χ4v) is 1.38. The maximum atomic E-state index is 12.3. The highest BCUT2D eigenvalue weighted by atomic mass is 19.4. The van der Waals surface area contributed by atoms with Crippen molar-refractivity contribution in [2.24, 2.45) is 0 Å². The first-order valence-electron chi connectivity index (χ1n) is 5.35. The summed E-state index contributed by atoms with van der Waals surface area (Å²) in [6.45, 7) is 0.334. The van der Waals surface area contributed by atoms with Crippen molar-refractivity contribution in [3.8, 4) is 0 Å². The van der Waals surface area contributed by atoms with Gasteiger partial charge in [0, 0.05) is 19.4 Å². The van der Waals surface area contributed by atoms with E-state index in [0.717, 1.165) is 6.07 Å². The van der Waals surface area contributed by atoms with Gasteiger partial charge in [-0.3, -0.25) is 0 Å². The fourth-order valence-electron chi connectivity index (χ4n) is 1.38. The molecule has 0 aromatic carbocycles. The Balaban J connectivity index is 2.10. The molecule has 8 heteroatoms. The number of hydrogen-bond donors (Lipinski definition) is 0. The van der Waals surface area contributed by atoms with E-state index in [2.05, 4.69) is 20.2 Å². The third kappa shape index (κ3) is 3.36. The molecule has 0 spiro atoms. The van der Waals surface area contributed by atoms with E-state index in [-0.39, 0.29) is 0 Å². The molecule has 2 rings (SSSR count). The highest BCUT2D eigenvalue weighted by molar-refractivity contribution is 5.36. The van der Waals surface area contributed by atoms with Crippen LogP contribution in [0.25, 0.3) is 0 Å². The molecular formula is C11H10F3N5. The smallest absolute Gasteiger partial charge is 0.351 e. The lowest BCUT2D eigenvalue weighted by Crippen LogP contribution is -2.20. The lowest BCUT2D eigenvalue weighted by molar-refractivity contribution is -0.141. The van der Waals surface area contributed by atoms with Crippen LogP contribution in [0.5, 0.6) is 0 Å². The molecule has 0 amide bonds. The van der Waals surface area contributed by atoms with Gasteiger partial charge < -0.3 is 4.90 Å². The van der Waals surface area contributed by atoms with E-state index in [9.17, 15) is 13.2 Å². The molecule has 2 aromatic rings. The number of hydrogen-bond acceptors (Lipinski definition) is 5. The van der Waals surface area contributed by atoms with Crippen molar-refractivity contribution in [3.63, 3.8) is 0 Å². The van der Waals surface area contributed by atoms with Crippen LogP contribution in [0.2, 0.25) is 0 Å². The average molecular weight is 269 g/mol. The van der Waals surface area contributed by atoms with Crippen LogP contribution in [0.4, 0.5) is 19.0 Å². The van der Waals surface area contributed by atoms with Crippen LogP contribution in [0.15, 0.2) is 30.6 Å². The third-order valence-corrected chi connectivity index (χ3v) is 2.33. The van der Waals surface area contributed by atoms with Crippen molar-refractivity contribution in [2.45, 2.75) is 12.7 Å². The van der Waals surface area contributed by atoms with Crippen LogP contribution < -0.4 is 4.90 Å². The SMILES string of the molecule is CN(Cc1ncccn1)c1ccc(C(F)(F)F)nn1. The molecule has 0 atom stereocenters. The number of aromatic nitrogens is 4. The Hall–Kier alpha value is -2.25. The zero-order valence-electron chi connectivity index (χ0n) is 9.96. The van der Waals surface area contributed by atoms with Gasteiger partial charge in [0.15, 0.2) is 11.5 Å². The molecule has 0 aliphatic rings. The van der Waals surface area contributed by atoms with Crippen molar-refractivity contribution in [3.05, 3.63) is 42.1 Å². The Morgan fingerprint density at radius 2 is 1.79 bits per heavy atom. The summed E-state index contributed by atoms with van der Waals surface area (Å²) in [4.78, 5) is 9.65. The van der Waals surface area contributed by atoms with Crippen molar-refractivity contribution < 1.29 is 13.2 Å². The third-order valence-electron chi connectivity index (χ3n) is 2.33. The molecule has 2 aromatic heterocycles. The predicted molar refractivity (Wildman–Crippen MR) is 61.2 cm³/mol. The Morgan fingerprint density at radius 3 is 2.32 bits per heavy atom. The molecule has 0 radical (unpaired) electrons. The Bertz CT molecular complexity index is 526. The summed E-state index contributed by atoms with van der Waals surface area (Å²) in [7, 11) is 1.67. The van der Waals surface area contributed by atoms with Gasteiger partial charge >= 0.3 is 6.18 Å². The molecule has 5 nitrogen and oxygen atoms in total. The molecule has 0 N–H and O–H groups in total. The number of rotatable bonds is 3. The molecule has 0 fully saturated rings. The van der Waals surface area contributed by atoms with Crippen LogP contribution >= 0.6 is 0 Å². The first-order valence-corrected chi connectivity index (χ1v) is 5.35. The summed E-state index contributed by atoms with van der Waals surface area (Å²) in [5.74, 6) is 0.868. The molecule has 0 unspecified atom stereocenters. The molecule has 0 aliphatic carbocycles. The summed E-state index contributed by atoms with van der Waals surface area (Å²) in [6.07, 6.45) is -1.30. The van der Waals surface area contributed by atoms with Gasteiger partial charge in [-0.25, -0.2) is 9.97 Å². The molecule has 0 saturated heterocycles. The monoisotopic (exact) mass is 269 g/mol. The van der Waals surface area contributed by atoms with E-state index in [0.29, 0.717) is 18.2 Å². The average Bonchev–Trinajstić information content (AvgIpc) is 2.39. The zero-order valence-corrected chi connectivity index (χ0v) is 9.96. The van der Waals surface area contributed by atoms with E-state index >= 15 is 0 Å². The van der Waals surface area contributed by atoms with Gasteiger partial charge in [0.2, 0.25) is 0 Å². The lowest BCUT2D eigenvalue weighted by atomic mass is 10.3. The minimum atomic E-state index is -4.48. The van der Waals surface area contributed by atoms with Gasteiger partial charge in [-0.05, 0) is 18.2 Å². The van der Waals surface area contributed by atoms with Gasteiger partial charge in [0.05, 0.1) is 6.54 Å². The normalized spacial score (nSPS) is 11.4. The number of halogens is 3. The van der Waals surface area contributed by atoms with E-state index in [1.807, 2.05) is 0 Å². The maximum absolute atomic E-state index is 12.3. The first kappa shape index (κ1) is 13.2. The van der Waals surface area contributed by atoms with Crippen LogP contribution in [0.1, 0.15) is 11.5 Å². The summed E-state index contributed by atoms with van der Waals surface area (Å²) in [6, 6.07) is 3.84. The van der Waals surface area contributed by atoms with E-state index in [1.54, 1.807) is 30.4 Å². The standard InChI is InChI=1S/C11H10F3N5/c1-19(7-9-15-5-2-6-16-9)10-4-3-8(17-18-10)11(12,13)14/h2-6H,7H2,1H3. The minimum Gasteiger partial charge on any atom is -0.351 e. The van der Waals surface area contributed by atoms with Crippen LogP contribution in [-0.4, -0.2) is 27.2 Å². The molecule has 0 aliphatic heterocycles. The Labute approximate surface area is 107 Å². The second-order valence-corrected chi connectivity index (χ2v) is 3.80. The fraction of sp³-hybridized carbons (Fsp3) is 0.273. The summed E-state index contributed by atoms with van der Waals surface area (Å²) < 4.78 is 37.0. The van der Waals surface area contributed by atoms with E-state index in [1.165, 1.54) is 6.07 Å². The lowest BCUT2D eigenvalue weighted by Gasteiger charge is -2.16. The van der Waals surface area contributed by atoms with E-state index < -0.39 is 11.9 Å². The van der Waals surface area contributed by atoms with Gasteiger partial charge in [0.25, 0.3) is 0 Å². The zero-order chi connectivity index (χ0) is 13.9. The number of anilines is 1.